The van der Waals surface area contributed by atoms with Crippen LogP contribution in [0.4, 0.5) is 17.3 Å². The molecule has 200 valence electrons. The predicted molar refractivity (Wildman–Crippen MR) is 150 cm³/mol. The molecule has 2 aliphatic heterocycles. The number of carbonyl (C=O) groups excluding carboxylic acids is 1. The van der Waals surface area contributed by atoms with E-state index >= 15 is 0 Å². The van der Waals surface area contributed by atoms with Crippen molar-refractivity contribution >= 4 is 34.4 Å². The van der Waals surface area contributed by atoms with Gasteiger partial charge in [0.1, 0.15) is 5.82 Å². The summed E-state index contributed by atoms with van der Waals surface area (Å²) in [5, 5.41) is 7.73. The Morgan fingerprint density at radius 2 is 2.00 bits per heavy atom. The third-order valence-electron chi connectivity index (χ3n) is 8.87. The number of rotatable bonds is 3. The summed E-state index contributed by atoms with van der Waals surface area (Å²) in [5.41, 5.74) is 13.6. The van der Waals surface area contributed by atoms with E-state index in [4.69, 9.17) is 15.7 Å². The molecular weight excluding hydrogens is 490 g/mol. The molecule has 3 aliphatic rings. The van der Waals surface area contributed by atoms with E-state index in [0.29, 0.717) is 11.2 Å². The zero-order valence-electron chi connectivity index (χ0n) is 22.4. The Hall–Kier alpha value is -4.05. The molecule has 3 aromatic heterocycles. The number of aromatic nitrogens is 5. The number of H-pyrrole nitrogens is 1. The van der Waals surface area contributed by atoms with Gasteiger partial charge in [-0.15, -0.1) is 0 Å². The fourth-order valence-corrected chi connectivity index (χ4v) is 6.66. The molecule has 0 radical (unpaired) electrons. The lowest BCUT2D eigenvalue weighted by Crippen LogP contribution is -2.44. The summed E-state index contributed by atoms with van der Waals surface area (Å²) in [6.07, 6.45) is 8.60. The third kappa shape index (κ3) is 3.84. The van der Waals surface area contributed by atoms with Crippen molar-refractivity contribution in [2.45, 2.75) is 38.1 Å². The summed E-state index contributed by atoms with van der Waals surface area (Å²) in [5.74, 6) is 1.67. The number of aromatic amines is 1. The van der Waals surface area contributed by atoms with Crippen LogP contribution in [0.15, 0.2) is 42.7 Å². The van der Waals surface area contributed by atoms with E-state index in [1.165, 1.54) is 5.56 Å². The molecule has 1 saturated heterocycles. The second kappa shape index (κ2) is 9.01. The van der Waals surface area contributed by atoms with Gasteiger partial charge in [0.25, 0.3) is 5.91 Å². The zero-order valence-corrected chi connectivity index (χ0v) is 22.4. The van der Waals surface area contributed by atoms with E-state index in [9.17, 15) is 4.79 Å². The lowest BCUT2D eigenvalue weighted by atomic mass is 9.73. The van der Waals surface area contributed by atoms with Crippen molar-refractivity contribution in [2.75, 3.05) is 43.5 Å². The minimum atomic E-state index is -0.0739. The minimum absolute atomic E-state index is 0.00694. The number of benzene rings is 1. The Labute approximate surface area is 227 Å². The van der Waals surface area contributed by atoms with Gasteiger partial charge in [-0.2, -0.15) is 5.10 Å². The number of nitrogens with zero attached hydrogens (tertiary/aromatic N) is 7. The average molecular weight is 524 g/mol. The van der Waals surface area contributed by atoms with Gasteiger partial charge >= 0.3 is 0 Å². The van der Waals surface area contributed by atoms with Crippen LogP contribution in [0, 0.1) is 5.41 Å². The lowest BCUT2D eigenvalue weighted by Gasteiger charge is -2.42. The van der Waals surface area contributed by atoms with Gasteiger partial charge in [-0.3, -0.25) is 14.9 Å². The largest absolute Gasteiger partial charge is 0.355 e. The topological polar surface area (TPSA) is 120 Å². The second-order valence-corrected chi connectivity index (χ2v) is 11.3. The number of anilines is 3. The van der Waals surface area contributed by atoms with Crippen molar-refractivity contribution in [3.8, 4) is 0 Å². The Morgan fingerprint density at radius 1 is 1.15 bits per heavy atom. The SMILES string of the molecule is CN(C)C(=O)c1ccc2c(c1)[C@H](N)C1(CCN(c3cnc4c(N5CCCc6ncccc65)n[nH]c4n3)CC1)C2. The Bertz CT molecular complexity index is 1570. The molecule has 5 heterocycles. The number of aryl methyl sites for hydroxylation is 1. The van der Waals surface area contributed by atoms with Crippen molar-refractivity contribution in [3.63, 3.8) is 0 Å². The lowest BCUT2D eigenvalue weighted by molar-refractivity contribution is 0.0827. The number of pyridine rings is 1. The van der Waals surface area contributed by atoms with Gasteiger partial charge in [-0.25, -0.2) is 9.97 Å². The maximum absolute atomic E-state index is 12.5. The first-order valence-corrected chi connectivity index (χ1v) is 13.7. The van der Waals surface area contributed by atoms with Gasteiger partial charge in [0, 0.05) is 51.5 Å². The predicted octanol–water partition coefficient (Wildman–Crippen LogP) is 3.38. The van der Waals surface area contributed by atoms with Crippen LogP contribution in [0.25, 0.3) is 11.2 Å². The number of hydrogen-bond acceptors (Lipinski definition) is 8. The van der Waals surface area contributed by atoms with E-state index in [2.05, 4.69) is 37.1 Å². The molecule has 7 rings (SSSR count). The Balaban J connectivity index is 1.09. The highest BCUT2D eigenvalue weighted by molar-refractivity contribution is 5.94. The Morgan fingerprint density at radius 3 is 2.82 bits per heavy atom. The molecular formula is C29H33N9O. The van der Waals surface area contributed by atoms with Crippen molar-refractivity contribution in [3.05, 3.63) is 65.1 Å². The van der Waals surface area contributed by atoms with E-state index in [0.717, 1.165) is 85.8 Å². The molecule has 1 aliphatic carbocycles. The van der Waals surface area contributed by atoms with Gasteiger partial charge in [0.15, 0.2) is 17.0 Å². The smallest absolute Gasteiger partial charge is 0.253 e. The molecule has 1 atom stereocenters. The number of carbonyl (C=O) groups is 1. The average Bonchev–Trinajstić information content (AvgIpc) is 3.50. The van der Waals surface area contributed by atoms with Crippen molar-refractivity contribution < 1.29 is 4.79 Å². The van der Waals surface area contributed by atoms with Crippen molar-refractivity contribution in [2.24, 2.45) is 11.1 Å². The van der Waals surface area contributed by atoms with Crippen molar-refractivity contribution in [1.82, 2.24) is 30.0 Å². The van der Waals surface area contributed by atoms with Crippen LogP contribution in [-0.2, 0) is 12.8 Å². The molecule has 10 heteroatoms. The number of hydrogen-bond donors (Lipinski definition) is 2. The quantitative estimate of drug-likeness (QED) is 0.419. The highest BCUT2D eigenvalue weighted by Gasteiger charge is 2.46. The molecule has 3 N–H and O–H groups in total. The highest BCUT2D eigenvalue weighted by atomic mass is 16.2. The van der Waals surface area contributed by atoms with E-state index in [1.807, 2.05) is 30.6 Å². The third-order valence-corrected chi connectivity index (χ3v) is 8.87. The number of piperidine rings is 1. The van der Waals surface area contributed by atoms with Crippen LogP contribution in [0.1, 0.15) is 52.5 Å². The van der Waals surface area contributed by atoms with E-state index in [1.54, 1.807) is 19.0 Å². The fraction of sp³-hybridized carbons (Fsp3) is 0.414. The van der Waals surface area contributed by atoms with Gasteiger partial charge < -0.3 is 20.4 Å². The number of fused-ring (bicyclic) bond motifs is 3. The number of amides is 1. The summed E-state index contributed by atoms with van der Waals surface area (Å²) >= 11 is 0. The normalized spacial score (nSPS) is 19.8. The number of nitrogens with one attached hydrogen (secondary N) is 1. The molecule has 10 nitrogen and oxygen atoms in total. The zero-order chi connectivity index (χ0) is 26.7. The maximum atomic E-state index is 12.5. The minimum Gasteiger partial charge on any atom is -0.355 e. The van der Waals surface area contributed by atoms with E-state index < -0.39 is 0 Å². The molecule has 0 bridgehead atoms. The van der Waals surface area contributed by atoms with Gasteiger partial charge in [-0.05, 0) is 72.9 Å². The second-order valence-electron chi connectivity index (χ2n) is 11.3. The molecule has 39 heavy (non-hydrogen) atoms. The molecule has 1 fully saturated rings. The monoisotopic (exact) mass is 523 g/mol. The molecule has 4 aromatic rings. The van der Waals surface area contributed by atoms with Gasteiger partial charge in [-0.1, -0.05) is 6.07 Å². The fourth-order valence-electron chi connectivity index (χ4n) is 6.66. The summed E-state index contributed by atoms with van der Waals surface area (Å²) in [4.78, 5) is 32.9. The van der Waals surface area contributed by atoms with Crippen LogP contribution in [0.5, 0.6) is 0 Å². The van der Waals surface area contributed by atoms with Crippen molar-refractivity contribution in [1.29, 1.82) is 0 Å². The van der Waals surface area contributed by atoms with Crippen LogP contribution >= 0.6 is 0 Å². The molecule has 1 aromatic carbocycles. The van der Waals surface area contributed by atoms with Gasteiger partial charge in [0.05, 0.1) is 17.6 Å². The summed E-state index contributed by atoms with van der Waals surface area (Å²) in [6, 6.07) is 10.0. The van der Waals surface area contributed by atoms with E-state index in [-0.39, 0.29) is 17.4 Å². The summed E-state index contributed by atoms with van der Waals surface area (Å²) in [6.45, 7) is 2.60. The highest BCUT2D eigenvalue weighted by Crippen LogP contribution is 2.51. The number of nitrogens with two attached hydrogens (primary N) is 1. The molecule has 0 saturated carbocycles. The maximum Gasteiger partial charge on any atom is 0.253 e. The first-order valence-electron chi connectivity index (χ1n) is 13.7. The first kappa shape index (κ1) is 24.0. The standard InChI is InChI=1S/C29H33N9O/c1-36(2)28(39)18-7-8-19-16-29(25(30)20(19)15-18)9-13-37(14-10-29)23-17-32-24-26(33-23)34-35-27(24)38-12-4-5-21-22(38)6-3-11-31-21/h3,6-8,11,15,17,25H,4-5,9-10,12-14,16,30H2,1-2H3,(H,33,34,35)/t25-/m0/s1. The van der Waals surface area contributed by atoms with Crippen LogP contribution < -0.4 is 15.5 Å². The first-order chi connectivity index (χ1) is 18.9. The molecule has 0 unspecified atom stereocenters. The van der Waals surface area contributed by atoms with Crippen LogP contribution in [0.2, 0.25) is 0 Å². The Kier molecular flexibility index (Phi) is 5.55. The summed E-state index contributed by atoms with van der Waals surface area (Å²) < 4.78 is 0. The van der Waals surface area contributed by atoms with Crippen LogP contribution in [0.3, 0.4) is 0 Å². The van der Waals surface area contributed by atoms with Crippen LogP contribution in [-0.4, -0.2) is 69.7 Å². The van der Waals surface area contributed by atoms with Gasteiger partial charge in [0.2, 0.25) is 0 Å². The molecule has 1 amide bonds. The molecule has 1 spiro atoms. The summed E-state index contributed by atoms with van der Waals surface area (Å²) in [7, 11) is 3.56.